The molecule has 0 spiro atoms. The molecule has 2 rings (SSSR count). The fraction of sp³-hybridized carbons (Fsp3) is 0.278. The first-order chi connectivity index (χ1) is 10.1. The average Bonchev–Trinajstić information content (AvgIpc) is 2.48. The minimum absolute atomic E-state index is 0.567. The summed E-state index contributed by atoms with van der Waals surface area (Å²) in [6.45, 7) is 3.44. The number of aryl methyl sites for hydroxylation is 1. The largest absolute Gasteiger partial charge is 0.492 e. The van der Waals surface area contributed by atoms with Crippen LogP contribution in [-0.4, -0.2) is 38.4 Å². The predicted octanol–water partition coefficient (Wildman–Crippen LogP) is 3.41. The monoisotopic (exact) mass is 283 g/mol. The van der Waals surface area contributed by atoms with Crippen LogP contribution in [0.1, 0.15) is 15.9 Å². The molecule has 0 amide bonds. The lowest BCUT2D eigenvalue weighted by molar-refractivity contribution is 0.111. The van der Waals surface area contributed by atoms with Crippen molar-refractivity contribution < 1.29 is 9.53 Å². The molecule has 110 valence electrons. The average molecular weight is 283 g/mol. The van der Waals surface area contributed by atoms with Gasteiger partial charge in [-0.05, 0) is 44.3 Å². The van der Waals surface area contributed by atoms with E-state index in [1.165, 1.54) is 5.56 Å². The van der Waals surface area contributed by atoms with E-state index >= 15 is 0 Å². The van der Waals surface area contributed by atoms with Gasteiger partial charge in [-0.1, -0.05) is 35.9 Å². The van der Waals surface area contributed by atoms with Crippen LogP contribution in [0, 0.1) is 6.92 Å². The van der Waals surface area contributed by atoms with E-state index in [2.05, 4.69) is 31.2 Å². The lowest BCUT2D eigenvalue weighted by Gasteiger charge is -2.13. The highest BCUT2D eigenvalue weighted by Gasteiger charge is 2.06. The third-order valence-electron chi connectivity index (χ3n) is 3.32. The second-order valence-corrected chi connectivity index (χ2v) is 5.39. The normalized spacial score (nSPS) is 10.7. The molecular weight excluding hydrogens is 262 g/mol. The first-order valence-corrected chi connectivity index (χ1v) is 7.04. The minimum Gasteiger partial charge on any atom is -0.492 e. The minimum atomic E-state index is 0.567. The van der Waals surface area contributed by atoms with Gasteiger partial charge < -0.3 is 9.64 Å². The summed E-state index contributed by atoms with van der Waals surface area (Å²) in [5, 5.41) is 0. The summed E-state index contributed by atoms with van der Waals surface area (Å²) < 4.78 is 5.68. The fourth-order valence-electron chi connectivity index (χ4n) is 2.04. The van der Waals surface area contributed by atoms with Crippen LogP contribution >= 0.6 is 0 Å². The zero-order chi connectivity index (χ0) is 15.2. The van der Waals surface area contributed by atoms with Crippen LogP contribution in [0.5, 0.6) is 5.75 Å². The van der Waals surface area contributed by atoms with Crippen molar-refractivity contribution in [1.82, 2.24) is 4.90 Å². The molecule has 0 unspecified atom stereocenters. The molecule has 0 aliphatic rings. The van der Waals surface area contributed by atoms with Gasteiger partial charge in [0.25, 0.3) is 0 Å². The quantitative estimate of drug-likeness (QED) is 0.761. The molecule has 0 aromatic heterocycles. The van der Waals surface area contributed by atoms with Crippen molar-refractivity contribution >= 4 is 6.29 Å². The van der Waals surface area contributed by atoms with Gasteiger partial charge in [0.1, 0.15) is 12.4 Å². The summed E-state index contributed by atoms with van der Waals surface area (Å²) in [4.78, 5) is 13.3. The molecule has 0 atom stereocenters. The zero-order valence-corrected chi connectivity index (χ0v) is 12.8. The topological polar surface area (TPSA) is 29.5 Å². The van der Waals surface area contributed by atoms with Crippen molar-refractivity contribution in [2.75, 3.05) is 27.2 Å². The van der Waals surface area contributed by atoms with E-state index < -0.39 is 0 Å². The first-order valence-electron chi connectivity index (χ1n) is 7.04. The molecule has 2 aromatic carbocycles. The summed E-state index contributed by atoms with van der Waals surface area (Å²) in [5.41, 5.74) is 3.94. The molecule has 3 heteroatoms. The Morgan fingerprint density at radius 1 is 1.05 bits per heavy atom. The van der Waals surface area contributed by atoms with Crippen molar-refractivity contribution in [3.63, 3.8) is 0 Å². The number of likely N-dealkylation sites (N-methyl/N-ethyl adjacent to an activating group) is 1. The van der Waals surface area contributed by atoms with Crippen LogP contribution in [-0.2, 0) is 0 Å². The van der Waals surface area contributed by atoms with Crippen LogP contribution in [0.3, 0.4) is 0 Å². The van der Waals surface area contributed by atoms with Crippen LogP contribution in [0.4, 0.5) is 0 Å². The van der Waals surface area contributed by atoms with Gasteiger partial charge in [-0.25, -0.2) is 0 Å². The Hall–Kier alpha value is -2.13. The van der Waals surface area contributed by atoms with Crippen LogP contribution in [0.2, 0.25) is 0 Å². The molecule has 0 heterocycles. The van der Waals surface area contributed by atoms with E-state index in [0.29, 0.717) is 17.9 Å². The van der Waals surface area contributed by atoms with Gasteiger partial charge in [-0.15, -0.1) is 0 Å². The standard InChI is InChI=1S/C18H21NO2/c1-14-4-6-15(7-5-14)16-8-9-18(17(12-16)13-20)21-11-10-19(2)3/h4-9,12-13H,10-11H2,1-3H3. The highest BCUT2D eigenvalue weighted by molar-refractivity contribution is 5.83. The highest BCUT2D eigenvalue weighted by atomic mass is 16.5. The number of ether oxygens (including phenoxy) is 1. The third-order valence-corrected chi connectivity index (χ3v) is 3.32. The Morgan fingerprint density at radius 2 is 1.71 bits per heavy atom. The molecule has 0 radical (unpaired) electrons. The number of hydrogen-bond acceptors (Lipinski definition) is 3. The van der Waals surface area contributed by atoms with Gasteiger partial charge in [0.15, 0.2) is 6.29 Å². The number of aldehydes is 1. The lowest BCUT2D eigenvalue weighted by Crippen LogP contribution is -2.19. The third kappa shape index (κ3) is 4.17. The zero-order valence-electron chi connectivity index (χ0n) is 12.8. The maximum Gasteiger partial charge on any atom is 0.153 e. The molecule has 3 nitrogen and oxygen atoms in total. The number of carbonyl (C=O) groups is 1. The van der Waals surface area contributed by atoms with Gasteiger partial charge in [0.2, 0.25) is 0 Å². The number of benzene rings is 2. The maximum absolute atomic E-state index is 11.3. The van der Waals surface area contributed by atoms with Crippen molar-refractivity contribution in [2.24, 2.45) is 0 Å². The molecule has 21 heavy (non-hydrogen) atoms. The number of hydrogen-bond donors (Lipinski definition) is 0. The Bertz CT molecular complexity index is 603. The summed E-state index contributed by atoms with van der Waals surface area (Å²) in [5.74, 6) is 0.641. The van der Waals surface area contributed by atoms with Crippen LogP contribution < -0.4 is 4.74 Å². The smallest absolute Gasteiger partial charge is 0.153 e. The van der Waals surface area contributed by atoms with Gasteiger partial charge in [0, 0.05) is 6.54 Å². The molecule has 0 saturated carbocycles. The van der Waals surface area contributed by atoms with E-state index in [-0.39, 0.29) is 0 Å². The van der Waals surface area contributed by atoms with Crippen molar-refractivity contribution in [2.45, 2.75) is 6.92 Å². The second kappa shape index (κ2) is 7.04. The lowest BCUT2D eigenvalue weighted by atomic mass is 10.0. The van der Waals surface area contributed by atoms with Crippen molar-refractivity contribution in [3.8, 4) is 16.9 Å². The molecule has 0 aliphatic heterocycles. The van der Waals surface area contributed by atoms with E-state index in [0.717, 1.165) is 24.0 Å². The number of rotatable bonds is 6. The Balaban J connectivity index is 2.19. The van der Waals surface area contributed by atoms with Gasteiger partial charge >= 0.3 is 0 Å². The first kappa shape index (κ1) is 15.3. The van der Waals surface area contributed by atoms with Gasteiger partial charge in [-0.3, -0.25) is 4.79 Å². The summed E-state index contributed by atoms with van der Waals surface area (Å²) in [6, 6.07) is 14.0. The Labute approximate surface area is 126 Å². The van der Waals surface area contributed by atoms with E-state index in [1.807, 2.05) is 37.2 Å². The van der Waals surface area contributed by atoms with E-state index in [1.54, 1.807) is 0 Å². The van der Waals surface area contributed by atoms with E-state index in [9.17, 15) is 4.79 Å². The van der Waals surface area contributed by atoms with Crippen LogP contribution in [0.25, 0.3) is 11.1 Å². The number of carbonyl (C=O) groups excluding carboxylic acids is 1. The predicted molar refractivity (Wildman–Crippen MR) is 86.1 cm³/mol. The Morgan fingerprint density at radius 3 is 2.33 bits per heavy atom. The molecular formula is C18H21NO2. The van der Waals surface area contributed by atoms with E-state index in [4.69, 9.17) is 4.74 Å². The molecule has 0 aliphatic carbocycles. The summed E-state index contributed by atoms with van der Waals surface area (Å²) in [6.07, 6.45) is 0.850. The molecule has 0 N–H and O–H groups in total. The fourth-order valence-corrected chi connectivity index (χ4v) is 2.04. The second-order valence-electron chi connectivity index (χ2n) is 5.39. The molecule has 0 bridgehead atoms. The summed E-state index contributed by atoms with van der Waals surface area (Å²) >= 11 is 0. The SMILES string of the molecule is Cc1ccc(-c2ccc(OCCN(C)C)c(C=O)c2)cc1. The van der Waals surface area contributed by atoms with Crippen molar-refractivity contribution in [3.05, 3.63) is 53.6 Å². The number of nitrogens with zero attached hydrogens (tertiary/aromatic N) is 1. The van der Waals surface area contributed by atoms with Crippen molar-refractivity contribution in [1.29, 1.82) is 0 Å². The maximum atomic E-state index is 11.3. The van der Waals surface area contributed by atoms with Gasteiger partial charge in [0.05, 0.1) is 5.56 Å². The molecule has 2 aromatic rings. The highest BCUT2D eigenvalue weighted by Crippen LogP contribution is 2.26. The van der Waals surface area contributed by atoms with Gasteiger partial charge in [-0.2, -0.15) is 0 Å². The molecule has 0 saturated heterocycles. The summed E-state index contributed by atoms with van der Waals surface area (Å²) in [7, 11) is 3.98. The Kier molecular flexibility index (Phi) is 5.12. The van der Waals surface area contributed by atoms with Crippen LogP contribution in [0.15, 0.2) is 42.5 Å². The molecule has 0 fully saturated rings.